The molecule has 0 fully saturated rings. The third-order valence-electron chi connectivity index (χ3n) is 5.87. The highest BCUT2D eigenvalue weighted by atomic mass is 32.2. The Hall–Kier alpha value is -4.51. The molecular weight excluding hydrogens is 494 g/mol. The number of rotatable bonds is 8. The molecule has 10 nitrogen and oxygen atoms in total. The van der Waals surface area contributed by atoms with Crippen LogP contribution in [-0.2, 0) is 30.7 Å². The topological polar surface area (TPSA) is 120 Å². The van der Waals surface area contributed by atoms with Gasteiger partial charge in [-0.2, -0.15) is 8.42 Å². The Labute approximate surface area is 213 Å². The summed E-state index contributed by atoms with van der Waals surface area (Å²) in [5, 5.41) is -0.0886. The first kappa shape index (κ1) is 24.2. The molecule has 0 aliphatic heterocycles. The standard InChI is InChI=1S/C26H25N5O5S/c1-17-27-15-25(28-17)37(33,34)29-21-13-22-23(31(3)26(32)30(22)2)14-24(21)36-20-11-7-10-19(12-20)35-16-18-8-5-4-6-9-18/h4-15,29H,16H2,1-3H3,(H,27,28). The van der Waals surface area contributed by atoms with E-state index in [2.05, 4.69) is 14.7 Å². The summed E-state index contributed by atoms with van der Waals surface area (Å²) >= 11 is 0. The molecule has 11 heteroatoms. The van der Waals surface area contributed by atoms with Crippen molar-refractivity contribution in [1.82, 2.24) is 19.1 Å². The van der Waals surface area contributed by atoms with Crippen LogP contribution in [0.1, 0.15) is 11.4 Å². The van der Waals surface area contributed by atoms with E-state index < -0.39 is 10.0 Å². The number of nitrogens with one attached hydrogen (secondary N) is 2. The fourth-order valence-corrected chi connectivity index (χ4v) is 4.95. The van der Waals surface area contributed by atoms with Gasteiger partial charge in [-0.3, -0.25) is 13.9 Å². The van der Waals surface area contributed by atoms with E-state index in [1.54, 1.807) is 51.4 Å². The molecule has 5 rings (SSSR count). The lowest BCUT2D eigenvalue weighted by molar-refractivity contribution is 0.304. The molecule has 2 N–H and O–H groups in total. The predicted octanol–water partition coefficient (Wildman–Crippen LogP) is 4.08. The summed E-state index contributed by atoms with van der Waals surface area (Å²) in [4.78, 5) is 19.2. The van der Waals surface area contributed by atoms with Crippen LogP contribution in [0.4, 0.5) is 5.69 Å². The number of anilines is 1. The van der Waals surface area contributed by atoms with Crippen LogP contribution in [0.5, 0.6) is 17.2 Å². The van der Waals surface area contributed by atoms with Gasteiger partial charge in [0.25, 0.3) is 10.0 Å². The van der Waals surface area contributed by atoms with Crippen molar-refractivity contribution in [1.29, 1.82) is 0 Å². The lowest BCUT2D eigenvalue weighted by Crippen LogP contribution is -2.19. The maximum Gasteiger partial charge on any atom is 0.328 e. The van der Waals surface area contributed by atoms with Crippen molar-refractivity contribution in [3.63, 3.8) is 0 Å². The molecule has 2 heterocycles. The van der Waals surface area contributed by atoms with Crippen molar-refractivity contribution in [2.75, 3.05) is 4.72 Å². The van der Waals surface area contributed by atoms with Gasteiger partial charge in [-0.05, 0) is 30.7 Å². The second-order valence-corrected chi connectivity index (χ2v) is 10.2. The van der Waals surface area contributed by atoms with Gasteiger partial charge in [-0.25, -0.2) is 9.78 Å². The van der Waals surface area contributed by atoms with Gasteiger partial charge >= 0.3 is 5.69 Å². The largest absolute Gasteiger partial charge is 0.489 e. The Morgan fingerprint density at radius 2 is 1.65 bits per heavy atom. The van der Waals surface area contributed by atoms with Crippen LogP contribution < -0.4 is 19.9 Å². The van der Waals surface area contributed by atoms with Gasteiger partial charge < -0.3 is 14.5 Å². The highest BCUT2D eigenvalue weighted by molar-refractivity contribution is 7.92. The fraction of sp³-hybridized carbons (Fsp3) is 0.154. The number of hydrogen-bond donors (Lipinski definition) is 2. The molecule has 3 aromatic carbocycles. The van der Waals surface area contributed by atoms with Crippen LogP contribution in [0.3, 0.4) is 0 Å². The number of nitrogens with zero attached hydrogens (tertiary/aromatic N) is 3. The maximum atomic E-state index is 13.1. The molecule has 0 saturated heterocycles. The average molecular weight is 520 g/mol. The Morgan fingerprint density at radius 3 is 2.35 bits per heavy atom. The number of benzene rings is 3. The first-order chi connectivity index (χ1) is 17.7. The summed E-state index contributed by atoms with van der Waals surface area (Å²) < 4.78 is 43.6. The summed E-state index contributed by atoms with van der Waals surface area (Å²) in [6.07, 6.45) is 1.24. The van der Waals surface area contributed by atoms with Crippen molar-refractivity contribution < 1.29 is 17.9 Å². The van der Waals surface area contributed by atoms with E-state index in [9.17, 15) is 13.2 Å². The molecule has 0 aliphatic carbocycles. The SMILES string of the molecule is Cc1ncc(S(=O)(=O)Nc2cc3c(cc2Oc2cccc(OCc4ccccc4)c2)n(C)c(=O)n3C)[nH]1. The Kier molecular flexibility index (Phi) is 6.22. The van der Waals surface area contributed by atoms with E-state index >= 15 is 0 Å². The van der Waals surface area contributed by atoms with Gasteiger partial charge in [0, 0.05) is 26.2 Å². The van der Waals surface area contributed by atoms with Crippen LogP contribution in [0, 0.1) is 6.92 Å². The summed E-state index contributed by atoms with van der Waals surface area (Å²) in [5.74, 6) is 1.70. The number of imidazole rings is 2. The van der Waals surface area contributed by atoms with E-state index in [4.69, 9.17) is 9.47 Å². The zero-order valence-corrected chi connectivity index (χ0v) is 21.2. The third-order valence-corrected chi connectivity index (χ3v) is 7.14. The number of H-pyrrole nitrogens is 1. The molecule has 0 saturated carbocycles. The van der Waals surface area contributed by atoms with E-state index in [1.165, 1.54) is 15.3 Å². The molecule has 0 radical (unpaired) electrons. The van der Waals surface area contributed by atoms with Gasteiger partial charge in [0.1, 0.15) is 23.9 Å². The zero-order chi connectivity index (χ0) is 26.2. The first-order valence-corrected chi connectivity index (χ1v) is 12.9. The molecule has 0 bridgehead atoms. The average Bonchev–Trinajstić information content (AvgIpc) is 3.42. The highest BCUT2D eigenvalue weighted by Gasteiger charge is 2.22. The molecule has 0 atom stereocenters. The van der Waals surface area contributed by atoms with Crippen molar-refractivity contribution in [3.05, 3.63) is 94.8 Å². The molecule has 37 heavy (non-hydrogen) atoms. The van der Waals surface area contributed by atoms with Gasteiger partial charge in [-0.1, -0.05) is 36.4 Å². The molecule has 0 unspecified atom stereocenters. The van der Waals surface area contributed by atoms with E-state index in [1.807, 2.05) is 36.4 Å². The van der Waals surface area contributed by atoms with Crippen molar-refractivity contribution in [2.24, 2.45) is 14.1 Å². The molecule has 0 spiro atoms. The molecular formula is C26H25N5O5S. The number of fused-ring (bicyclic) bond motifs is 1. The monoisotopic (exact) mass is 519 g/mol. The summed E-state index contributed by atoms with van der Waals surface area (Å²) in [5.41, 5.74) is 2.06. The second kappa shape index (κ2) is 9.51. The van der Waals surface area contributed by atoms with Crippen LogP contribution in [0.15, 0.2) is 82.7 Å². The fourth-order valence-electron chi connectivity index (χ4n) is 3.92. The summed E-state index contributed by atoms with van der Waals surface area (Å²) in [6, 6.07) is 20.0. The van der Waals surface area contributed by atoms with E-state index in [-0.39, 0.29) is 22.2 Å². The highest BCUT2D eigenvalue weighted by Crippen LogP contribution is 2.36. The van der Waals surface area contributed by atoms with Crippen LogP contribution >= 0.6 is 0 Å². The number of ether oxygens (including phenoxy) is 2. The lowest BCUT2D eigenvalue weighted by atomic mass is 10.2. The molecule has 2 aromatic heterocycles. The van der Waals surface area contributed by atoms with Crippen molar-refractivity contribution in [3.8, 4) is 17.2 Å². The lowest BCUT2D eigenvalue weighted by Gasteiger charge is -2.15. The molecule has 0 amide bonds. The summed E-state index contributed by atoms with van der Waals surface area (Å²) in [6.45, 7) is 2.04. The third kappa shape index (κ3) is 4.94. The predicted molar refractivity (Wildman–Crippen MR) is 140 cm³/mol. The smallest absolute Gasteiger partial charge is 0.328 e. The molecule has 5 aromatic rings. The molecule has 0 aliphatic rings. The Balaban J connectivity index is 1.50. The first-order valence-electron chi connectivity index (χ1n) is 11.4. The van der Waals surface area contributed by atoms with E-state index in [0.29, 0.717) is 35.0 Å². The Morgan fingerprint density at radius 1 is 0.946 bits per heavy atom. The van der Waals surface area contributed by atoms with Crippen LogP contribution in [0.2, 0.25) is 0 Å². The number of sulfonamides is 1. The summed E-state index contributed by atoms with van der Waals surface area (Å²) in [7, 11) is -0.744. The number of hydrogen-bond acceptors (Lipinski definition) is 6. The molecule has 190 valence electrons. The van der Waals surface area contributed by atoms with Crippen LogP contribution in [-0.4, -0.2) is 27.5 Å². The van der Waals surface area contributed by atoms with Gasteiger partial charge in [0.2, 0.25) is 0 Å². The zero-order valence-electron chi connectivity index (χ0n) is 20.4. The van der Waals surface area contributed by atoms with Gasteiger partial charge in [-0.15, -0.1) is 0 Å². The normalized spacial score (nSPS) is 11.5. The minimum Gasteiger partial charge on any atom is -0.489 e. The quantitative estimate of drug-likeness (QED) is 0.319. The number of aromatic nitrogens is 4. The minimum atomic E-state index is -4.01. The number of aromatic amines is 1. The van der Waals surface area contributed by atoms with Gasteiger partial charge in [0.15, 0.2) is 10.8 Å². The van der Waals surface area contributed by atoms with Gasteiger partial charge in [0.05, 0.1) is 22.9 Å². The number of aryl methyl sites for hydroxylation is 3. The van der Waals surface area contributed by atoms with Crippen molar-refractivity contribution >= 4 is 26.7 Å². The van der Waals surface area contributed by atoms with Crippen LogP contribution in [0.25, 0.3) is 11.0 Å². The minimum absolute atomic E-state index is 0.0886. The Bertz CT molecular complexity index is 1750. The van der Waals surface area contributed by atoms with E-state index in [0.717, 1.165) is 5.56 Å². The van der Waals surface area contributed by atoms with Crippen molar-refractivity contribution in [2.45, 2.75) is 18.6 Å². The second-order valence-electron chi connectivity index (χ2n) is 8.53. The maximum absolute atomic E-state index is 13.1.